The average molecular weight is 566 g/mol. The van der Waals surface area contributed by atoms with Crippen LogP contribution in [0.1, 0.15) is 24.0 Å². The lowest BCUT2D eigenvalue weighted by Crippen LogP contribution is -2.36. The van der Waals surface area contributed by atoms with Gasteiger partial charge in [0.25, 0.3) is 5.91 Å². The van der Waals surface area contributed by atoms with Crippen molar-refractivity contribution in [1.82, 2.24) is 5.48 Å². The van der Waals surface area contributed by atoms with Crippen LogP contribution < -0.4 is 20.9 Å². The molecule has 0 aromatic heterocycles. The molecule has 8 nitrogen and oxygen atoms in total. The lowest BCUT2D eigenvalue weighted by atomic mass is 10.0. The first kappa shape index (κ1) is 29.1. The summed E-state index contributed by atoms with van der Waals surface area (Å²) in [6.07, 6.45) is -6.19. The Kier molecular flexibility index (Phi) is 9.20. The number of nitrogens with one attached hydrogen (secondary N) is 1. The molecule has 4 rings (SSSR count). The molecule has 0 fully saturated rings. The van der Waals surface area contributed by atoms with E-state index in [1.54, 1.807) is 42.5 Å². The molecule has 41 heavy (non-hydrogen) atoms. The van der Waals surface area contributed by atoms with E-state index < -0.39 is 36.8 Å². The molecule has 0 radical (unpaired) electrons. The van der Waals surface area contributed by atoms with Crippen LogP contribution in [0, 0.1) is 0 Å². The highest BCUT2D eigenvalue weighted by atomic mass is 19.4. The van der Waals surface area contributed by atoms with E-state index in [1.165, 1.54) is 10.4 Å². The van der Waals surface area contributed by atoms with E-state index in [9.17, 15) is 27.6 Å². The third-order valence-electron chi connectivity index (χ3n) is 6.08. The van der Waals surface area contributed by atoms with Crippen LogP contribution in [0.3, 0.4) is 0 Å². The molecule has 11 heteroatoms. The van der Waals surface area contributed by atoms with Crippen LogP contribution in [0.2, 0.25) is 0 Å². The van der Waals surface area contributed by atoms with Crippen molar-refractivity contribution in [3.8, 4) is 11.5 Å². The van der Waals surface area contributed by atoms with Gasteiger partial charge >= 0.3 is 12.1 Å². The molecular formula is C30H26F3N3O5. The van der Waals surface area contributed by atoms with Crippen LogP contribution in [-0.2, 0) is 32.3 Å². The summed E-state index contributed by atoms with van der Waals surface area (Å²) in [5.74, 6) is -3.28. The maximum absolute atomic E-state index is 13.6. The number of carbonyl (C=O) groups is 3. The first-order valence-electron chi connectivity index (χ1n) is 12.6. The van der Waals surface area contributed by atoms with Crippen LogP contribution in [0.5, 0.6) is 11.5 Å². The van der Waals surface area contributed by atoms with Gasteiger partial charge in [-0.1, -0.05) is 66.7 Å². The molecule has 0 spiro atoms. The Bertz CT molecular complexity index is 1550. The zero-order chi connectivity index (χ0) is 29.4. The van der Waals surface area contributed by atoms with Gasteiger partial charge < -0.3 is 20.2 Å². The van der Waals surface area contributed by atoms with Crippen molar-refractivity contribution < 1.29 is 37.1 Å². The minimum atomic E-state index is -5.27. The number of benzene rings is 4. The Morgan fingerprint density at radius 2 is 1.56 bits per heavy atom. The quantitative estimate of drug-likeness (QED) is 0.258. The van der Waals surface area contributed by atoms with Gasteiger partial charge in [0.2, 0.25) is 5.91 Å². The number of ether oxygens (including phenoxy) is 1. The topological polar surface area (TPSA) is 111 Å². The highest BCUT2D eigenvalue weighted by molar-refractivity contribution is 5.97. The van der Waals surface area contributed by atoms with E-state index in [0.717, 1.165) is 21.9 Å². The normalized spacial score (nSPS) is 11.1. The number of para-hydroxylation sites is 2. The summed E-state index contributed by atoms with van der Waals surface area (Å²) in [5, 5.41) is 1.88. The van der Waals surface area contributed by atoms with Crippen molar-refractivity contribution in [3.63, 3.8) is 0 Å². The lowest BCUT2D eigenvalue weighted by molar-refractivity contribution is -0.207. The van der Waals surface area contributed by atoms with E-state index in [-0.39, 0.29) is 6.54 Å². The number of amides is 2. The molecule has 3 N–H and O–H groups in total. The molecule has 4 aromatic carbocycles. The number of carbonyl (C=O) groups excluding carboxylic acids is 3. The monoisotopic (exact) mass is 565 g/mol. The summed E-state index contributed by atoms with van der Waals surface area (Å²) < 4.78 is 43.2. The predicted octanol–water partition coefficient (Wildman–Crippen LogP) is 5.54. The van der Waals surface area contributed by atoms with E-state index in [2.05, 4.69) is 4.84 Å². The maximum Gasteiger partial charge on any atom is 0.493 e. The van der Waals surface area contributed by atoms with Crippen molar-refractivity contribution in [2.24, 2.45) is 5.73 Å². The van der Waals surface area contributed by atoms with E-state index in [4.69, 9.17) is 10.5 Å². The minimum Gasteiger partial charge on any atom is -0.455 e. The summed E-state index contributed by atoms with van der Waals surface area (Å²) in [6, 6.07) is 27.4. The summed E-state index contributed by atoms with van der Waals surface area (Å²) in [6.45, 7) is 0.416. The van der Waals surface area contributed by atoms with Gasteiger partial charge in [0.1, 0.15) is 5.75 Å². The molecule has 4 aromatic rings. The number of hydrogen-bond donors (Lipinski definition) is 2. The van der Waals surface area contributed by atoms with Crippen molar-refractivity contribution in [2.45, 2.75) is 32.1 Å². The zero-order valence-electron chi connectivity index (χ0n) is 21.7. The molecule has 0 aliphatic carbocycles. The van der Waals surface area contributed by atoms with Gasteiger partial charge in [0.15, 0.2) is 5.75 Å². The third kappa shape index (κ3) is 7.61. The molecule has 0 atom stereocenters. The molecule has 0 saturated carbocycles. The number of nitrogens with two attached hydrogens (primary N) is 1. The number of rotatable bonds is 9. The predicted molar refractivity (Wildman–Crippen MR) is 146 cm³/mol. The van der Waals surface area contributed by atoms with Gasteiger partial charge in [0, 0.05) is 19.4 Å². The van der Waals surface area contributed by atoms with Crippen molar-refractivity contribution in [3.05, 3.63) is 102 Å². The van der Waals surface area contributed by atoms with E-state index in [0.29, 0.717) is 23.7 Å². The van der Waals surface area contributed by atoms with E-state index in [1.807, 2.05) is 48.5 Å². The minimum absolute atomic E-state index is 0.105. The number of hydroxylamine groups is 1. The van der Waals surface area contributed by atoms with Crippen LogP contribution in [-0.4, -0.2) is 24.0 Å². The van der Waals surface area contributed by atoms with Crippen molar-refractivity contribution in [1.29, 1.82) is 0 Å². The van der Waals surface area contributed by atoms with Gasteiger partial charge in [0.05, 0.1) is 12.2 Å². The van der Waals surface area contributed by atoms with Crippen molar-refractivity contribution in [2.75, 3.05) is 4.90 Å². The molecular weight excluding hydrogens is 539 g/mol. The lowest BCUT2D eigenvalue weighted by Gasteiger charge is -2.26. The fourth-order valence-electron chi connectivity index (χ4n) is 4.11. The molecule has 2 amide bonds. The zero-order valence-corrected chi connectivity index (χ0v) is 21.7. The Morgan fingerprint density at radius 3 is 2.34 bits per heavy atom. The standard InChI is InChI=1S/C30H26F3N3O5/c31-30(32,33)29(39)41-35-27(37)15-16-28(38)36(19-22-10-6-9-21-8-1-2-12-24(21)22)25-13-3-4-14-26(25)40-23-11-5-7-20(17-23)18-34/h1-14,17H,15-16,18-19,34H2,(H,35,37). The Labute approximate surface area is 233 Å². The molecule has 0 bridgehead atoms. The fourth-order valence-corrected chi connectivity index (χ4v) is 4.11. The second-order valence-corrected chi connectivity index (χ2v) is 8.95. The van der Waals surface area contributed by atoms with Gasteiger partial charge in [-0.05, 0) is 46.2 Å². The molecule has 0 saturated heterocycles. The highest BCUT2D eigenvalue weighted by Gasteiger charge is 2.42. The van der Waals surface area contributed by atoms with Crippen LogP contribution in [0.15, 0.2) is 91.0 Å². The Hall–Kier alpha value is -4.90. The molecule has 0 unspecified atom stereocenters. The summed E-state index contributed by atoms with van der Waals surface area (Å²) in [5.41, 5.74) is 9.27. The Morgan fingerprint density at radius 1 is 0.854 bits per heavy atom. The van der Waals surface area contributed by atoms with Crippen LogP contribution in [0.4, 0.5) is 18.9 Å². The smallest absolute Gasteiger partial charge is 0.455 e. The number of anilines is 1. The first-order valence-corrected chi connectivity index (χ1v) is 12.6. The second-order valence-electron chi connectivity index (χ2n) is 8.95. The largest absolute Gasteiger partial charge is 0.493 e. The number of nitrogens with zero attached hydrogens (tertiary/aromatic N) is 1. The summed E-state index contributed by atoms with van der Waals surface area (Å²) in [4.78, 5) is 41.8. The average Bonchev–Trinajstić information content (AvgIpc) is 2.97. The van der Waals surface area contributed by atoms with Gasteiger partial charge in [-0.2, -0.15) is 18.7 Å². The number of alkyl halides is 3. The number of fused-ring (bicyclic) bond motifs is 1. The summed E-state index contributed by atoms with van der Waals surface area (Å²) in [7, 11) is 0. The number of halogens is 3. The highest BCUT2D eigenvalue weighted by Crippen LogP contribution is 2.35. The molecule has 0 aliphatic heterocycles. The van der Waals surface area contributed by atoms with Gasteiger partial charge in [-0.25, -0.2) is 4.79 Å². The second kappa shape index (κ2) is 13.0. The van der Waals surface area contributed by atoms with Gasteiger partial charge in [-0.15, -0.1) is 0 Å². The van der Waals surface area contributed by atoms with E-state index >= 15 is 0 Å². The van der Waals surface area contributed by atoms with Gasteiger partial charge in [-0.3, -0.25) is 9.59 Å². The summed E-state index contributed by atoms with van der Waals surface area (Å²) >= 11 is 0. The molecule has 0 aliphatic rings. The SMILES string of the molecule is NCc1cccc(Oc2ccccc2N(Cc2cccc3ccccc23)C(=O)CCC(=O)NOC(=O)C(F)(F)F)c1. The third-order valence-corrected chi connectivity index (χ3v) is 6.08. The molecule has 212 valence electrons. The first-order chi connectivity index (χ1) is 19.7. The van der Waals surface area contributed by atoms with Crippen LogP contribution >= 0.6 is 0 Å². The maximum atomic E-state index is 13.6. The fraction of sp³-hybridized carbons (Fsp3) is 0.167. The Balaban J connectivity index is 1.61. The van der Waals surface area contributed by atoms with Crippen LogP contribution in [0.25, 0.3) is 10.8 Å². The molecule has 0 heterocycles. The number of hydrogen-bond acceptors (Lipinski definition) is 6. The van der Waals surface area contributed by atoms with Crippen molar-refractivity contribution >= 4 is 34.2 Å².